The van der Waals surface area contributed by atoms with Gasteiger partial charge >= 0.3 is 0 Å². The topological polar surface area (TPSA) is 93.0 Å². The molecule has 6 nitrogen and oxygen atoms in total. The Morgan fingerprint density at radius 3 is 2.95 bits per heavy atom. The molecule has 1 aromatic carbocycles. The maximum atomic E-state index is 13.4. The van der Waals surface area contributed by atoms with Crippen molar-refractivity contribution in [2.45, 2.75) is 6.54 Å². The van der Waals surface area contributed by atoms with Crippen LogP contribution in [0.2, 0.25) is 0 Å². The van der Waals surface area contributed by atoms with E-state index in [1.165, 1.54) is 25.4 Å². The van der Waals surface area contributed by atoms with Crippen LogP contribution in [0.1, 0.15) is 15.9 Å². The molecule has 100 valence electrons. The van der Waals surface area contributed by atoms with Crippen molar-refractivity contribution in [3.8, 4) is 5.75 Å². The monoisotopic (exact) mass is 264 g/mol. The number of methoxy groups -OCH3 is 1. The van der Waals surface area contributed by atoms with Crippen LogP contribution >= 0.6 is 0 Å². The molecular weight excluding hydrogens is 251 g/mol. The average molecular weight is 264 g/mol. The number of carbonyl (C=O) groups is 1. The summed E-state index contributed by atoms with van der Waals surface area (Å²) in [7, 11) is 1.36. The van der Waals surface area contributed by atoms with Gasteiger partial charge < -0.3 is 15.8 Å². The summed E-state index contributed by atoms with van der Waals surface area (Å²) >= 11 is 0. The summed E-state index contributed by atoms with van der Waals surface area (Å²) in [5.41, 5.74) is 6.46. The maximum absolute atomic E-state index is 13.4. The third kappa shape index (κ3) is 2.82. The normalized spacial score (nSPS) is 10.2. The molecule has 0 atom stereocenters. The largest absolute Gasteiger partial charge is 0.494 e. The molecular formula is C12H13FN4O2. The van der Waals surface area contributed by atoms with Gasteiger partial charge in [0.05, 0.1) is 13.3 Å². The number of nitrogen functional groups attached to an aromatic ring is 1. The highest BCUT2D eigenvalue weighted by Crippen LogP contribution is 2.17. The number of carbonyl (C=O) groups excluding carboxylic acids is 1. The van der Waals surface area contributed by atoms with Crippen molar-refractivity contribution in [2.24, 2.45) is 0 Å². The third-order valence-electron chi connectivity index (χ3n) is 2.60. The van der Waals surface area contributed by atoms with Crippen LogP contribution in [0.5, 0.6) is 5.75 Å². The summed E-state index contributed by atoms with van der Waals surface area (Å²) in [5, 5.41) is 8.91. The molecule has 2 aromatic rings. The summed E-state index contributed by atoms with van der Waals surface area (Å²) in [6.45, 7) is 0.217. The van der Waals surface area contributed by atoms with Crippen molar-refractivity contribution in [3.05, 3.63) is 41.3 Å². The quantitative estimate of drug-likeness (QED) is 0.770. The number of nitrogens with two attached hydrogens (primary N) is 1. The number of aromatic nitrogens is 2. The lowest BCUT2D eigenvalue weighted by Crippen LogP contribution is -2.23. The van der Waals surface area contributed by atoms with E-state index in [2.05, 4.69) is 15.5 Å². The third-order valence-corrected chi connectivity index (χ3v) is 2.60. The fourth-order valence-electron chi connectivity index (χ4n) is 1.55. The van der Waals surface area contributed by atoms with Crippen molar-refractivity contribution in [1.82, 2.24) is 15.5 Å². The van der Waals surface area contributed by atoms with Gasteiger partial charge in [0.1, 0.15) is 5.82 Å². The molecule has 0 aliphatic carbocycles. The number of halogens is 1. The van der Waals surface area contributed by atoms with Gasteiger partial charge in [-0.3, -0.25) is 9.89 Å². The van der Waals surface area contributed by atoms with Crippen molar-refractivity contribution in [2.75, 3.05) is 12.8 Å². The molecule has 0 unspecified atom stereocenters. The fraction of sp³-hybridized carbons (Fsp3) is 0.167. The summed E-state index contributed by atoms with van der Waals surface area (Å²) < 4.78 is 18.2. The Morgan fingerprint density at radius 2 is 2.37 bits per heavy atom. The number of H-pyrrole nitrogens is 1. The predicted octanol–water partition coefficient (Wildman–Crippen LogP) is 1.07. The molecule has 1 aromatic heterocycles. The molecule has 7 heteroatoms. The first-order valence-corrected chi connectivity index (χ1v) is 5.51. The number of rotatable bonds is 4. The highest BCUT2D eigenvalue weighted by atomic mass is 19.1. The van der Waals surface area contributed by atoms with Gasteiger partial charge in [-0.05, 0) is 18.2 Å². The van der Waals surface area contributed by atoms with Crippen LogP contribution in [-0.4, -0.2) is 23.2 Å². The van der Waals surface area contributed by atoms with E-state index in [0.29, 0.717) is 11.4 Å². The molecule has 0 aliphatic rings. The van der Waals surface area contributed by atoms with Crippen LogP contribution in [0.4, 0.5) is 10.2 Å². The molecule has 0 fully saturated rings. The minimum atomic E-state index is -0.585. The van der Waals surface area contributed by atoms with Crippen LogP contribution in [0.3, 0.4) is 0 Å². The molecule has 0 aliphatic heterocycles. The number of ether oxygens (including phenoxy) is 1. The van der Waals surface area contributed by atoms with Crippen molar-refractivity contribution >= 4 is 11.7 Å². The Kier molecular flexibility index (Phi) is 3.65. The van der Waals surface area contributed by atoms with E-state index >= 15 is 0 Å². The first kappa shape index (κ1) is 12.9. The molecule has 19 heavy (non-hydrogen) atoms. The van der Waals surface area contributed by atoms with E-state index in [1.807, 2.05) is 0 Å². The smallest absolute Gasteiger partial charge is 0.251 e. The number of amides is 1. The Bertz CT molecular complexity index is 597. The van der Waals surface area contributed by atoms with Crippen molar-refractivity contribution in [1.29, 1.82) is 0 Å². The van der Waals surface area contributed by atoms with E-state index in [-0.39, 0.29) is 17.9 Å². The van der Waals surface area contributed by atoms with E-state index in [4.69, 9.17) is 10.5 Å². The Balaban J connectivity index is 2.04. The average Bonchev–Trinajstić information content (AvgIpc) is 2.81. The first-order chi connectivity index (χ1) is 9.11. The van der Waals surface area contributed by atoms with E-state index in [1.54, 1.807) is 0 Å². The minimum Gasteiger partial charge on any atom is -0.494 e. The lowest BCUT2D eigenvalue weighted by atomic mass is 10.2. The van der Waals surface area contributed by atoms with Gasteiger partial charge in [-0.2, -0.15) is 5.10 Å². The zero-order valence-electron chi connectivity index (χ0n) is 10.2. The number of benzene rings is 1. The molecule has 0 bridgehead atoms. The molecule has 4 N–H and O–H groups in total. The Labute approximate surface area is 108 Å². The highest BCUT2D eigenvalue weighted by Gasteiger charge is 2.10. The van der Waals surface area contributed by atoms with Gasteiger partial charge in [0.15, 0.2) is 11.6 Å². The van der Waals surface area contributed by atoms with Gasteiger partial charge in [0, 0.05) is 17.7 Å². The predicted molar refractivity (Wildman–Crippen MR) is 67.1 cm³/mol. The summed E-state index contributed by atoms with van der Waals surface area (Å²) in [6, 6.07) is 4.00. The van der Waals surface area contributed by atoms with Gasteiger partial charge in [-0.1, -0.05) is 0 Å². The molecule has 0 spiro atoms. The molecule has 1 amide bonds. The Morgan fingerprint density at radius 1 is 1.58 bits per heavy atom. The fourth-order valence-corrected chi connectivity index (χ4v) is 1.55. The second-order valence-corrected chi connectivity index (χ2v) is 3.84. The number of nitrogens with zero attached hydrogens (tertiary/aromatic N) is 1. The van der Waals surface area contributed by atoms with Crippen molar-refractivity contribution in [3.63, 3.8) is 0 Å². The number of hydrogen-bond acceptors (Lipinski definition) is 4. The number of nitrogens with one attached hydrogen (secondary N) is 2. The van der Waals surface area contributed by atoms with E-state index in [9.17, 15) is 9.18 Å². The lowest BCUT2D eigenvalue weighted by molar-refractivity contribution is 0.0950. The maximum Gasteiger partial charge on any atom is 0.251 e. The van der Waals surface area contributed by atoms with Crippen LogP contribution in [0.15, 0.2) is 24.4 Å². The zero-order valence-corrected chi connectivity index (χ0v) is 10.2. The highest BCUT2D eigenvalue weighted by molar-refractivity contribution is 5.94. The molecule has 0 radical (unpaired) electrons. The molecule has 0 saturated heterocycles. The second-order valence-electron chi connectivity index (χ2n) is 3.84. The van der Waals surface area contributed by atoms with Crippen LogP contribution < -0.4 is 15.8 Å². The van der Waals surface area contributed by atoms with Crippen LogP contribution in [0.25, 0.3) is 0 Å². The van der Waals surface area contributed by atoms with Gasteiger partial charge in [0.2, 0.25) is 0 Å². The second kappa shape index (κ2) is 5.38. The lowest BCUT2D eigenvalue weighted by Gasteiger charge is -2.06. The molecule has 1 heterocycles. The number of hydrogen-bond donors (Lipinski definition) is 3. The molecule has 0 saturated carbocycles. The first-order valence-electron chi connectivity index (χ1n) is 5.51. The number of anilines is 1. The summed E-state index contributed by atoms with van der Waals surface area (Å²) in [4.78, 5) is 11.8. The van der Waals surface area contributed by atoms with Crippen LogP contribution in [-0.2, 0) is 6.54 Å². The van der Waals surface area contributed by atoms with Crippen LogP contribution in [0, 0.1) is 5.82 Å². The Hall–Kier alpha value is -2.57. The van der Waals surface area contributed by atoms with Gasteiger partial charge in [0.25, 0.3) is 5.91 Å². The zero-order chi connectivity index (χ0) is 13.8. The van der Waals surface area contributed by atoms with Gasteiger partial charge in [-0.15, -0.1) is 0 Å². The molecule has 2 rings (SSSR count). The summed E-state index contributed by atoms with van der Waals surface area (Å²) in [5.74, 6) is -0.503. The number of aromatic amines is 1. The van der Waals surface area contributed by atoms with Crippen molar-refractivity contribution < 1.29 is 13.9 Å². The summed E-state index contributed by atoms with van der Waals surface area (Å²) in [6.07, 6.45) is 1.52. The minimum absolute atomic E-state index is 0.0932. The SMILES string of the molecule is COc1ccc(C(=O)NCc2cn[nH]c2N)cc1F. The standard InChI is InChI=1S/C12H13FN4O2/c1-19-10-3-2-7(4-9(10)13)12(18)15-5-8-6-16-17-11(8)14/h2-4,6H,5H2,1H3,(H,15,18)(H3,14,16,17). The van der Waals surface area contributed by atoms with Gasteiger partial charge in [-0.25, -0.2) is 4.39 Å². The van der Waals surface area contributed by atoms with E-state index in [0.717, 1.165) is 6.07 Å². The van der Waals surface area contributed by atoms with E-state index < -0.39 is 11.7 Å².